The zero-order valence-electron chi connectivity index (χ0n) is 13.2. The van der Waals surface area contributed by atoms with Crippen LogP contribution in [0.2, 0.25) is 0 Å². The van der Waals surface area contributed by atoms with Crippen molar-refractivity contribution in [1.29, 1.82) is 0 Å². The van der Waals surface area contributed by atoms with Gasteiger partial charge in [0.25, 0.3) is 0 Å². The molecule has 0 radical (unpaired) electrons. The molecule has 1 saturated heterocycles. The molecule has 128 valence electrons. The SMILES string of the molecule is Cl.NC(C(=O)NCC1CCOc2ccccc21)C1CCOCC1. The molecule has 2 unspecified atom stereocenters. The standard InChI is InChI=1S/C17H24N2O3.ClH/c18-16(12-5-8-21-9-6-12)17(20)19-11-13-7-10-22-15-4-2-1-3-14(13)15;/h1-4,12-13,16H,5-11,18H2,(H,19,20);1H. The first-order valence-corrected chi connectivity index (χ1v) is 8.08. The van der Waals surface area contributed by atoms with Gasteiger partial charge in [-0.3, -0.25) is 4.79 Å². The Morgan fingerprint density at radius 1 is 1.22 bits per heavy atom. The van der Waals surface area contributed by atoms with Crippen molar-refractivity contribution in [3.63, 3.8) is 0 Å². The summed E-state index contributed by atoms with van der Waals surface area (Å²) in [4.78, 5) is 12.3. The minimum absolute atomic E-state index is 0. The maximum atomic E-state index is 12.3. The van der Waals surface area contributed by atoms with E-state index in [9.17, 15) is 4.79 Å². The Balaban J connectivity index is 0.00000192. The highest BCUT2D eigenvalue weighted by atomic mass is 35.5. The molecule has 2 aliphatic rings. The molecule has 0 spiro atoms. The fraction of sp³-hybridized carbons (Fsp3) is 0.588. The highest BCUT2D eigenvalue weighted by Gasteiger charge is 2.28. The predicted molar refractivity (Wildman–Crippen MR) is 91.1 cm³/mol. The van der Waals surface area contributed by atoms with Crippen LogP contribution >= 0.6 is 12.4 Å². The monoisotopic (exact) mass is 340 g/mol. The van der Waals surface area contributed by atoms with Crippen LogP contribution in [0.1, 0.15) is 30.7 Å². The van der Waals surface area contributed by atoms with Gasteiger partial charge in [-0.15, -0.1) is 12.4 Å². The number of nitrogens with two attached hydrogens (primary N) is 1. The number of amides is 1. The highest BCUT2D eigenvalue weighted by Crippen LogP contribution is 2.32. The van der Waals surface area contributed by atoms with E-state index in [0.717, 1.165) is 25.0 Å². The molecule has 3 N–H and O–H groups in total. The Kier molecular flexibility index (Phi) is 6.69. The van der Waals surface area contributed by atoms with Gasteiger partial charge in [0.05, 0.1) is 12.6 Å². The number of hydrogen-bond acceptors (Lipinski definition) is 4. The van der Waals surface area contributed by atoms with Crippen molar-refractivity contribution in [2.45, 2.75) is 31.2 Å². The number of ether oxygens (including phenoxy) is 2. The fourth-order valence-electron chi connectivity index (χ4n) is 3.26. The number of hydrogen-bond donors (Lipinski definition) is 2. The summed E-state index contributed by atoms with van der Waals surface area (Å²) in [5.41, 5.74) is 7.28. The Bertz CT molecular complexity index is 520. The largest absolute Gasteiger partial charge is 0.493 e. The molecule has 0 aliphatic carbocycles. The maximum absolute atomic E-state index is 12.3. The average Bonchev–Trinajstić information content (AvgIpc) is 2.59. The molecule has 2 aliphatic heterocycles. The Morgan fingerprint density at radius 2 is 1.96 bits per heavy atom. The molecule has 0 saturated carbocycles. The molecular formula is C17H25ClN2O3. The van der Waals surface area contributed by atoms with Crippen molar-refractivity contribution in [1.82, 2.24) is 5.32 Å². The molecule has 1 aromatic rings. The van der Waals surface area contributed by atoms with E-state index in [1.165, 1.54) is 5.56 Å². The van der Waals surface area contributed by atoms with Crippen LogP contribution in [0.5, 0.6) is 5.75 Å². The van der Waals surface area contributed by atoms with Crippen LogP contribution in [0.4, 0.5) is 0 Å². The van der Waals surface area contributed by atoms with Gasteiger partial charge in [-0.05, 0) is 36.8 Å². The topological polar surface area (TPSA) is 73.6 Å². The lowest BCUT2D eigenvalue weighted by Gasteiger charge is -2.29. The molecule has 23 heavy (non-hydrogen) atoms. The number of benzene rings is 1. The molecule has 0 aromatic heterocycles. The van der Waals surface area contributed by atoms with Gasteiger partial charge in [0, 0.05) is 25.7 Å². The molecule has 1 aromatic carbocycles. The molecule has 3 rings (SSSR count). The van der Waals surface area contributed by atoms with Crippen molar-refractivity contribution < 1.29 is 14.3 Å². The summed E-state index contributed by atoms with van der Waals surface area (Å²) < 4.78 is 11.0. The van der Waals surface area contributed by atoms with Crippen molar-refractivity contribution >= 4 is 18.3 Å². The number of rotatable bonds is 4. The van der Waals surface area contributed by atoms with Crippen molar-refractivity contribution in [2.75, 3.05) is 26.4 Å². The smallest absolute Gasteiger partial charge is 0.237 e. The van der Waals surface area contributed by atoms with Crippen LogP contribution in [0.25, 0.3) is 0 Å². The van der Waals surface area contributed by atoms with E-state index in [4.69, 9.17) is 15.2 Å². The van der Waals surface area contributed by atoms with Gasteiger partial charge in [-0.1, -0.05) is 18.2 Å². The lowest BCUT2D eigenvalue weighted by Crippen LogP contribution is -2.48. The van der Waals surface area contributed by atoms with Crippen LogP contribution in [0, 0.1) is 5.92 Å². The zero-order valence-corrected chi connectivity index (χ0v) is 14.0. The van der Waals surface area contributed by atoms with Crippen LogP contribution in [0.15, 0.2) is 24.3 Å². The molecule has 0 bridgehead atoms. The second-order valence-electron chi connectivity index (χ2n) is 6.09. The van der Waals surface area contributed by atoms with Crippen LogP contribution in [-0.4, -0.2) is 38.3 Å². The highest BCUT2D eigenvalue weighted by molar-refractivity contribution is 5.85. The molecular weight excluding hydrogens is 316 g/mol. The number of para-hydroxylation sites is 1. The van der Waals surface area contributed by atoms with E-state index in [0.29, 0.717) is 32.3 Å². The molecule has 2 atom stereocenters. The number of fused-ring (bicyclic) bond motifs is 1. The Labute approximate surface area is 143 Å². The van der Waals surface area contributed by atoms with Gasteiger partial charge in [0.1, 0.15) is 5.75 Å². The van der Waals surface area contributed by atoms with E-state index in [1.807, 2.05) is 18.2 Å². The van der Waals surface area contributed by atoms with Crippen LogP contribution < -0.4 is 15.8 Å². The van der Waals surface area contributed by atoms with E-state index in [-0.39, 0.29) is 24.2 Å². The summed E-state index contributed by atoms with van der Waals surface area (Å²) in [5, 5.41) is 3.03. The number of halogens is 1. The maximum Gasteiger partial charge on any atom is 0.237 e. The zero-order chi connectivity index (χ0) is 15.4. The first kappa shape index (κ1) is 18.0. The third-order valence-electron chi connectivity index (χ3n) is 4.68. The molecule has 5 nitrogen and oxygen atoms in total. The van der Waals surface area contributed by atoms with Gasteiger partial charge in [0.15, 0.2) is 0 Å². The summed E-state index contributed by atoms with van der Waals surface area (Å²) in [6.07, 6.45) is 2.66. The van der Waals surface area contributed by atoms with Gasteiger partial charge in [-0.25, -0.2) is 0 Å². The van der Waals surface area contributed by atoms with Crippen LogP contribution in [0.3, 0.4) is 0 Å². The third kappa shape index (κ3) is 4.37. The first-order chi connectivity index (χ1) is 10.8. The summed E-state index contributed by atoms with van der Waals surface area (Å²) in [5.74, 6) is 1.42. The van der Waals surface area contributed by atoms with E-state index < -0.39 is 6.04 Å². The third-order valence-corrected chi connectivity index (χ3v) is 4.68. The minimum atomic E-state index is -0.431. The summed E-state index contributed by atoms with van der Waals surface area (Å²) in [6, 6.07) is 7.61. The van der Waals surface area contributed by atoms with Crippen molar-refractivity contribution in [2.24, 2.45) is 11.7 Å². The van der Waals surface area contributed by atoms with E-state index in [2.05, 4.69) is 11.4 Å². The lowest BCUT2D eigenvalue weighted by atomic mass is 9.90. The second-order valence-corrected chi connectivity index (χ2v) is 6.09. The average molecular weight is 341 g/mol. The fourth-order valence-corrected chi connectivity index (χ4v) is 3.26. The van der Waals surface area contributed by atoms with E-state index >= 15 is 0 Å². The number of nitrogens with one attached hydrogen (secondary N) is 1. The van der Waals surface area contributed by atoms with Gasteiger partial charge < -0.3 is 20.5 Å². The minimum Gasteiger partial charge on any atom is -0.493 e. The van der Waals surface area contributed by atoms with Crippen molar-refractivity contribution in [3.8, 4) is 5.75 Å². The van der Waals surface area contributed by atoms with Crippen LogP contribution in [-0.2, 0) is 9.53 Å². The Morgan fingerprint density at radius 3 is 2.74 bits per heavy atom. The predicted octanol–water partition coefficient (Wildman–Crippen LogP) is 1.84. The van der Waals surface area contributed by atoms with Crippen molar-refractivity contribution in [3.05, 3.63) is 29.8 Å². The molecule has 6 heteroatoms. The molecule has 1 fully saturated rings. The van der Waals surface area contributed by atoms with Gasteiger partial charge in [0.2, 0.25) is 5.91 Å². The summed E-state index contributed by atoms with van der Waals surface area (Å²) in [6.45, 7) is 2.73. The Hall–Kier alpha value is -1.30. The number of carbonyl (C=O) groups excluding carboxylic acids is 1. The van der Waals surface area contributed by atoms with E-state index in [1.54, 1.807) is 0 Å². The quantitative estimate of drug-likeness (QED) is 0.877. The summed E-state index contributed by atoms with van der Waals surface area (Å²) >= 11 is 0. The lowest BCUT2D eigenvalue weighted by molar-refractivity contribution is -0.124. The normalized spacial score (nSPS) is 22.2. The number of carbonyl (C=O) groups is 1. The molecule has 2 heterocycles. The van der Waals surface area contributed by atoms with Gasteiger partial charge in [-0.2, -0.15) is 0 Å². The molecule has 1 amide bonds. The van der Waals surface area contributed by atoms with Gasteiger partial charge >= 0.3 is 0 Å². The second kappa shape index (κ2) is 8.52. The summed E-state index contributed by atoms with van der Waals surface area (Å²) in [7, 11) is 0. The first-order valence-electron chi connectivity index (χ1n) is 8.08.